The van der Waals surface area contributed by atoms with Crippen molar-refractivity contribution in [1.82, 2.24) is 4.98 Å². The minimum Gasteiger partial charge on any atom is -0.324 e. The Labute approximate surface area is 122 Å². The summed E-state index contributed by atoms with van der Waals surface area (Å²) in [7, 11) is 0. The quantitative estimate of drug-likeness (QED) is 0.858. The summed E-state index contributed by atoms with van der Waals surface area (Å²) >= 11 is 6.22. The number of anilines is 2. The van der Waals surface area contributed by atoms with E-state index >= 15 is 0 Å². The first-order chi connectivity index (χ1) is 9.77. The van der Waals surface area contributed by atoms with E-state index in [2.05, 4.69) is 11.1 Å². The van der Waals surface area contributed by atoms with Crippen molar-refractivity contribution in [1.29, 1.82) is 10.5 Å². The maximum Gasteiger partial charge on any atom is 0.153 e. The molecule has 1 aromatic carbocycles. The summed E-state index contributed by atoms with van der Waals surface area (Å²) < 4.78 is 0. The number of halogens is 1. The van der Waals surface area contributed by atoms with Gasteiger partial charge in [-0.05, 0) is 18.2 Å². The summed E-state index contributed by atoms with van der Waals surface area (Å²) in [6.07, 6.45) is 1.88. The lowest BCUT2D eigenvalue weighted by molar-refractivity contribution is 0.926. The number of rotatable bonds is 4. The molecule has 0 aliphatic rings. The molecule has 0 aliphatic carbocycles. The van der Waals surface area contributed by atoms with Gasteiger partial charge in [0.2, 0.25) is 0 Å². The maximum absolute atomic E-state index is 9.04. The Morgan fingerprint density at radius 2 is 1.90 bits per heavy atom. The van der Waals surface area contributed by atoms with Gasteiger partial charge in [-0.15, -0.1) is 0 Å². The Bertz CT molecular complexity index is 671. The molecule has 98 valence electrons. The van der Waals surface area contributed by atoms with Crippen LogP contribution in [0.2, 0.25) is 5.02 Å². The standard InChI is InChI=1S/C15H11ClN4/c16-14-12(11-18)7-9-19-15(14)20(10-4-8-17)13-5-2-1-3-6-13/h1-3,5-7,9H,4,10H2. The van der Waals surface area contributed by atoms with Crippen LogP contribution in [0.4, 0.5) is 11.5 Å². The van der Waals surface area contributed by atoms with Gasteiger partial charge in [-0.2, -0.15) is 10.5 Å². The van der Waals surface area contributed by atoms with Crippen LogP contribution in [0.15, 0.2) is 42.6 Å². The molecule has 1 heterocycles. The molecule has 0 amide bonds. The predicted octanol–water partition coefficient (Wildman–Crippen LogP) is 3.66. The summed E-state index contributed by atoms with van der Waals surface area (Å²) in [6, 6.07) is 15.2. The smallest absolute Gasteiger partial charge is 0.153 e. The average molecular weight is 283 g/mol. The van der Waals surface area contributed by atoms with Gasteiger partial charge in [0, 0.05) is 18.4 Å². The van der Waals surface area contributed by atoms with E-state index in [1.165, 1.54) is 0 Å². The van der Waals surface area contributed by atoms with E-state index < -0.39 is 0 Å². The highest BCUT2D eigenvalue weighted by Crippen LogP contribution is 2.31. The number of aromatic nitrogens is 1. The van der Waals surface area contributed by atoms with Crippen LogP contribution in [-0.2, 0) is 0 Å². The fourth-order valence-electron chi connectivity index (χ4n) is 1.83. The van der Waals surface area contributed by atoms with Crippen molar-refractivity contribution in [2.75, 3.05) is 11.4 Å². The fourth-order valence-corrected chi connectivity index (χ4v) is 2.09. The Hall–Kier alpha value is -2.56. The van der Waals surface area contributed by atoms with Crippen molar-refractivity contribution < 1.29 is 0 Å². The fraction of sp³-hybridized carbons (Fsp3) is 0.133. The van der Waals surface area contributed by atoms with Crippen molar-refractivity contribution in [3.8, 4) is 12.1 Å². The monoisotopic (exact) mass is 282 g/mol. The van der Waals surface area contributed by atoms with E-state index in [0.717, 1.165) is 5.69 Å². The topological polar surface area (TPSA) is 63.7 Å². The summed E-state index contributed by atoms with van der Waals surface area (Å²) in [5.74, 6) is 0.493. The van der Waals surface area contributed by atoms with Gasteiger partial charge in [-0.1, -0.05) is 29.8 Å². The van der Waals surface area contributed by atoms with E-state index in [-0.39, 0.29) is 0 Å². The van der Waals surface area contributed by atoms with Crippen molar-refractivity contribution >= 4 is 23.1 Å². The number of pyridine rings is 1. The zero-order valence-corrected chi connectivity index (χ0v) is 11.4. The van der Waals surface area contributed by atoms with Crippen LogP contribution in [-0.4, -0.2) is 11.5 Å². The van der Waals surface area contributed by atoms with Crippen LogP contribution < -0.4 is 4.90 Å². The maximum atomic E-state index is 9.04. The lowest BCUT2D eigenvalue weighted by Gasteiger charge is -2.23. The molecule has 2 aromatic rings. The summed E-state index contributed by atoms with van der Waals surface area (Å²) in [4.78, 5) is 6.09. The lowest BCUT2D eigenvalue weighted by atomic mass is 10.2. The number of nitriles is 2. The minimum atomic E-state index is 0.303. The molecule has 0 saturated carbocycles. The molecule has 0 atom stereocenters. The van der Waals surface area contributed by atoms with E-state index in [9.17, 15) is 0 Å². The second-order valence-corrected chi connectivity index (χ2v) is 4.38. The molecule has 0 bridgehead atoms. The molecule has 0 fully saturated rings. The van der Waals surface area contributed by atoms with Crippen molar-refractivity contribution in [3.05, 3.63) is 53.2 Å². The van der Waals surface area contributed by atoms with Crippen LogP contribution in [0.5, 0.6) is 0 Å². The third kappa shape index (κ3) is 2.88. The molecule has 0 N–H and O–H groups in total. The normalized spacial score (nSPS) is 9.55. The average Bonchev–Trinajstić information content (AvgIpc) is 2.50. The third-order valence-corrected chi connectivity index (χ3v) is 3.13. The number of hydrogen-bond acceptors (Lipinski definition) is 4. The van der Waals surface area contributed by atoms with Gasteiger partial charge in [-0.3, -0.25) is 0 Å². The van der Waals surface area contributed by atoms with E-state index in [1.807, 2.05) is 41.3 Å². The second-order valence-electron chi connectivity index (χ2n) is 4.00. The molecule has 0 saturated heterocycles. The minimum absolute atomic E-state index is 0.303. The van der Waals surface area contributed by atoms with Gasteiger partial charge in [0.1, 0.15) is 11.1 Å². The van der Waals surface area contributed by atoms with Gasteiger partial charge < -0.3 is 4.90 Å². The molecular formula is C15H11ClN4. The van der Waals surface area contributed by atoms with Crippen molar-refractivity contribution in [3.63, 3.8) is 0 Å². The van der Waals surface area contributed by atoms with E-state index in [1.54, 1.807) is 12.3 Å². The molecule has 20 heavy (non-hydrogen) atoms. The first-order valence-electron chi connectivity index (χ1n) is 6.02. The Morgan fingerprint density at radius 3 is 2.55 bits per heavy atom. The van der Waals surface area contributed by atoms with Crippen molar-refractivity contribution in [2.24, 2.45) is 0 Å². The van der Waals surface area contributed by atoms with Crippen LogP contribution in [0.25, 0.3) is 0 Å². The first kappa shape index (κ1) is 13.9. The SMILES string of the molecule is N#CCCN(c1ccccc1)c1nccc(C#N)c1Cl. The van der Waals surface area contributed by atoms with Gasteiger partial charge in [0.15, 0.2) is 5.82 Å². The van der Waals surface area contributed by atoms with Crippen LogP contribution >= 0.6 is 11.6 Å². The molecule has 5 heteroatoms. The van der Waals surface area contributed by atoms with Gasteiger partial charge in [0.25, 0.3) is 0 Å². The summed E-state index contributed by atoms with van der Waals surface area (Å²) in [6.45, 7) is 0.460. The number of para-hydroxylation sites is 1. The predicted molar refractivity (Wildman–Crippen MR) is 77.6 cm³/mol. The van der Waals surface area contributed by atoms with Gasteiger partial charge >= 0.3 is 0 Å². The molecule has 4 nitrogen and oxygen atoms in total. The molecule has 0 radical (unpaired) electrons. The molecule has 0 unspecified atom stereocenters. The summed E-state index contributed by atoms with van der Waals surface area (Å²) in [5, 5.41) is 18.1. The third-order valence-electron chi connectivity index (χ3n) is 2.76. The highest BCUT2D eigenvalue weighted by atomic mass is 35.5. The Balaban J connectivity index is 2.48. The van der Waals surface area contributed by atoms with Gasteiger partial charge in [0.05, 0.1) is 18.1 Å². The Morgan fingerprint density at radius 1 is 1.15 bits per heavy atom. The first-order valence-corrected chi connectivity index (χ1v) is 6.40. The molecule has 0 spiro atoms. The number of hydrogen-bond donors (Lipinski definition) is 0. The van der Waals surface area contributed by atoms with E-state index in [4.69, 9.17) is 22.1 Å². The molecule has 1 aromatic heterocycles. The number of nitrogens with zero attached hydrogens (tertiary/aromatic N) is 4. The van der Waals surface area contributed by atoms with E-state index in [0.29, 0.717) is 29.4 Å². The molecular weight excluding hydrogens is 272 g/mol. The van der Waals surface area contributed by atoms with Crippen LogP contribution in [0, 0.1) is 22.7 Å². The highest BCUT2D eigenvalue weighted by Gasteiger charge is 2.16. The number of benzene rings is 1. The van der Waals surface area contributed by atoms with Crippen LogP contribution in [0.1, 0.15) is 12.0 Å². The van der Waals surface area contributed by atoms with Gasteiger partial charge in [-0.25, -0.2) is 4.98 Å². The lowest BCUT2D eigenvalue weighted by Crippen LogP contribution is -2.20. The highest BCUT2D eigenvalue weighted by molar-refractivity contribution is 6.34. The zero-order valence-electron chi connectivity index (χ0n) is 10.6. The second kappa shape index (κ2) is 6.56. The van der Waals surface area contributed by atoms with Crippen LogP contribution in [0.3, 0.4) is 0 Å². The Kier molecular flexibility index (Phi) is 4.55. The zero-order chi connectivity index (χ0) is 14.4. The largest absolute Gasteiger partial charge is 0.324 e. The summed E-state index contributed by atoms with van der Waals surface area (Å²) in [5.41, 5.74) is 1.25. The van der Waals surface area contributed by atoms with Crippen molar-refractivity contribution in [2.45, 2.75) is 6.42 Å². The molecule has 2 rings (SSSR count). The molecule has 0 aliphatic heterocycles.